The average Bonchev–Trinajstić information content (AvgIpc) is 2.69. The minimum Gasteiger partial charge on any atom is -0.380 e. The second kappa shape index (κ2) is 7.91. The van der Waals surface area contributed by atoms with Crippen molar-refractivity contribution >= 4 is 17.2 Å². The van der Waals surface area contributed by atoms with E-state index >= 15 is 0 Å². The normalized spacial score (nSPS) is 20.9. The molecule has 0 spiro atoms. The van der Waals surface area contributed by atoms with Gasteiger partial charge in [-0.25, -0.2) is 9.37 Å². The fourth-order valence-corrected chi connectivity index (χ4v) is 3.71. The fraction of sp³-hybridized carbons (Fsp3) is 0.450. The third-order valence-electron chi connectivity index (χ3n) is 5.05. The van der Waals surface area contributed by atoms with Crippen LogP contribution in [-0.2, 0) is 4.74 Å². The first-order chi connectivity index (χ1) is 12.8. The molecule has 1 aromatic heterocycles. The lowest BCUT2D eigenvalue weighted by Crippen LogP contribution is -2.42. The molecule has 2 aliphatic rings. The molecule has 6 heteroatoms. The van der Waals surface area contributed by atoms with E-state index in [9.17, 15) is 4.39 Å². The van der Waals surface area contributed by atoms with Crippen LogP contribution in [0.3, 0.4) is 0 Å². The number of hydrogen-bond acceptors (Lipinski definition) is 5. The zero-order chi connectivity index (χ0) is 17.8. The summed E-state index contributed by atoms with van der Waals surface area (Å²) in [6, 6.07) is 11.3. The van der Waals surface area contributed by atoms with E-state index in [1.165, 1.54) is 6.07 Å². The number of morpholine rings is 1. The third kappa shape index (κ3) is 4.07. The van der Waals surface area contributed by atoms with Gasteiger partial charge in [-0.3, -0.25) is 0 Å². The number of ether oxygens (including phenoxy) is 1. The summed E-state index contributed by atoms with van der Waals surface area (Å²) < 4.78 is 18.9. The van der Waals surface area contributed by atoms with Gasteiger partial charge in [-0.15, -0.1) is 0 Å². The van der Waals surface area contributed by atoms with Crippen LogP contribution >= 0.6 is 0 Å². The van der Waals surface area contributed by atoms with Gasteiger partial charge >= 0.3 is 0 Å². The molecule has 1 atom stereocenters. The van der Waals surface area contributed by atoms with Crippen LogP contribution in [0.5, 0.6) is 0 Å². The van der Waals surface area contributed by atoms with Crippen molar-refractivity contribution in [2.24, 2.45) is 0 Å². The Bertz CT molecular complexity index is 735. The highest BCUT2D eigenvalue weighted by molar-refractivity contribution is 5.55. The molecule has 2 fully saturated rings. The number of aromatic nitrogens is 1. The molecule has 138 valence electrons. The first kappa shape index (κ1) is 17.1. The van der Waals surface area contributed by atoms with Crippen LogP contribution in [0.4, 0.5) is 21.6 Å². The van der Waals surface area contributed by atoms with Crippen molar-refractivity contribution < 1.29 is 9.13 Å². The number of rotatable bonds is 4. The van der Waals surface area contributed by atoms with E-state index in [0.29, 0.717) is 6.04 Å². The van der Waals surface area contributed by atoms with E-state index in [-0.39, 0.29) is 5.82 Å². The van der Waals surface area contributed by atoms with Crippen molar-refractivity contribution in [1.82, 2.24) is 4.98 Å². The molecule has 3 heterocycles. The Morgan fingerprint density at radius 2 is 1.96 bits per heavy atom. The summed E-state index contributed by atoms with van der Waals surface area (Å²) in [7, 11) is 0. The van der Waals surface area contributed by atoms with Crippen molar-refractivity contribution in [3.05, 3.63) is 48.4 Å². The molecule has 0 radical (unpaired) electrons. The Morgan fingerprint density at radius 1 is 1.08 bits per heavy atom. The second-order valence-corrected chi connectivity index (χ2v) is 6.91. The van der Waals surface area contributed by atoms with Crippen LogP contribution in [0.25, 0.3) is 0 Å². The van der Waals surface area contributed by atoms with E-state index in [2.05, 4.69) is 26.2 Å². The molecule has 0 amide bonds. The van der Waals surface area contributed by atoms with Gasteiger partial charge in [-0.1, -0.05) is 6.07 Å². The summed E-state index contributed by atoms with van der Waals surface area (Å²) in [5.41, 5.74) is 2.05. The average molecular weight is 356 g/mol. The lowest BCUT2D eigenvalue weighted by Gasteiger charge is -2.35. The van der Waals surface area contributed by atoms with Gasteiger partial charge in [0.15, 0.2) is 0 Å². The number of benzene rings is 1. The fourth-order valence-electron chi connectivity index (χ4n) is 3.71. The van der Waals surface area contributed by atoms with Crippen molar-refractivity contribution in [1.29, 1.82) is 0 Å². The maximum absolute atomic E-state index is 13.5. The lowest BCUT2D eigenvalue weighted by molar-refractivity contribution is 0.122. The van der Waals surface area contributed by atoms with Gasteiger partial charge in [-0.05, 0) is 37.1 Å². The topological polar surface area (TPSA) is 40.6 Å². The van der Waals surface area contributed by atoms with Crippen molar-refractivity contribution in [2.75, 3.05) is 54.5 Å². The summed E-state index contributed by atoms with van der Waals surface area (Å²) in [6.45, 7) is 5.12. The molecule has 2 saturated heterocycles. The number of halogens is 1. The number of pyridine rings is 1. The van der Waals surface area contributed by atoms with Crippen molar-refractivity contribution in [3.8, 4) is 0 Å². The zero-order valence-electron chi connectivity index (χ0n) is 14.9. The summed E-state index contributed by atoms with van der Waals surface area (Å²) in [5.74, 6) is 0.818. The van der Waals surface area contributed by atoms with Crippen LogP contribution in [0, 0.1) is 5.82 Å². The molecule has 0 saturated carbocycles. The number of anilines is 3. The van der Waals surface area contributed by atoms with E-state index in [1.807, 2.05) is 18.3 Å². The highest BCUT2D eigenvalue weighted by atomic mass is 19.1. The Balaban J connectivity index is 1.42. The zero-order valence-corrected chi connectivity index (χ0v) is 14.9. The van der Waals surface area contributed by atoms with Gasteiger partial charge in [0.1, 0.15) is 11.6 Å². The minimum atomic E-state index is -0.179. The third-order valence-corrected chi connectivity index (χ3v) is 5.05. The summed E-state index contributed by atoms with van der Waals surface area (Å²) in [5, 5.41) is 3.64. The summed E-state index contributed by atoms with van der Waals surface area (Å²) in [4.78, 5) is 9.02. The Hall–Kier alpha value is -2.34. The van der Waals surface area contributed by atoms with Gasteiger partial charge < -0.3 is 19.9 Å². The number of piperidine rings is 1. The highest BCUT2D eigenvalue weighted by Gasteiger charge is 2.21. The molecule has 2 aromatic rings. The molecular formula is C20H25FN4O. The molecule has 5 nitrogen and oxygen atoms in total. The van der Waals surface area contributed by atoms with Crippen LogP contribution in [0.15, 0.2) is 42.6 Å². The molecule has 4 rings (SSSR count). The standard InChI is InChI=1S/C20H25FN4O/c21-16-3-1-5-19(13-16)25-8-2-4-18(15-25)23-17-6-7-22-20(14-17)24-9-11-26-12-10-24/h1,3,5-7,13-14,18H,2,4,8-12,15H2,(H,22,23)/t18-/m1/s1. The van der Waals surface area contributed by atoms with Gasteiger partial charge in [-0.2, -0.15) is 0 Å². The second-order valence-electron chi connectivity index (χ2n) is 6.91. The van der Waals surface area contributed by atoms with Gasteiger partial charge in [0.2, 0.25) is 0 Å². The quantitative estimate of drug-likeness (QED) is 0.911. The number of nitrogens with zero attached hydrogens (tertiary/aromatic N) is 3. The number of nitrogens with one attached hydrogen (secondary N) is 1. The lowest BCUT2D eigenvalue weighted by atomic mass is 10.0. The largest absolute Gasteiger partial charge is 0.380 e. The summed E-state index contributed by atoms with van der Waals surface area (Å²) >= 11 is 0. The summed E-state index contributed by atoms with van der Waals surface area (Å²) in [6.07, 6.45) is 4.07. The van der Waals surface area contributed by atoms with Crippen molar-refractivity contribution in [2.45, 2.75) is 18.9 Å². The first-order valence-electron chi connectivity index (χ1n) is 9.34. The molecule has 2 aliphatic heterocycles. The SMILES string of the molecule is Fc1cccc(N2CCC[C@@H](Nc3ccnc(N4CCOCC4)c3)C2)c1. The van der Waals surface area contributed by atoms with Gasteiger partial charge in [0.25, 0.3) is 0 Å². The molecule has 1 N–H and O–H groups in total. The molecular weight excluding hydrogens is 331 g/mol. The van der Waals surface area contributed by atoms with E-state index in [0.717, 1.165) is 69.4 Å². The Labute approximate surface area is 153 Å². The molecule has 0 bridgehead atoms. The monoisotopic (exact) mass is 356 g/mol. The molecule has 0 aliphatic carbocycles. The van der Waals surface area contributed by atoms with Crippen LogP contribution < -0.4 is 15.1 Å². The molecule has 26 heavy (non-hydrogen) atoms. The maximum atomic E-state index is 13.5. The van der Waals surface area contributed by atoms with Gasteiger partial charge in [0, 0.05) is 55.9 Å². The van der Waals surface area contributed by atoms with Crippen LogP contribution in [0.2, 0.25) is 0 Å². The predicted octanol–water partition coefficient (Wildman–Crippen LogP) is 3.14. The van der Waals surface area contributed by atoms with E-state index in [1.54, 1.807) is 12.1 Å². The van der Waals surface area contributed by atoms with Crippen molar-refractivity contribution in [3.63, 3.8) is 0 Å². The number of hydrogen-bond donors (Lipinski definition) is 1. The first-order valence-corrected chi connectivity index (χ1v) is 9.34. The van der Waals surface area contributed by atoms with Crippen LogP contribution in [0.1, 0.15) is 12.8 Å². The highest BCUT2D eigenvalue weighted by Crippen LogP contribution is 2.24. The van der Waals surface area contributed by atoms with E-state index < -0.39 is 0 Å². The minimum absolute atomic E-state index is 0.179. The molecule has 1 aromatic carbocycles. The van der Waals surface area contributed by atoms with Gasteiger partial charge in [0.05, 0.1) is 13.2 Å². The smallest absolute Gasteiger partial charge is 0.130 e. The maximum Gasteiger partial charge on any atom is 0.130 e. The Morgan fingerprint density at radius 3 is 2.81 bits per heavy atom. The van der Waals surface area contributed by atoms with Crippen LogP contribution in [-0.4, -0.2) is 50.4 Å². The Kier molecular flexibility index (Phi) is 5.20. The molecule has 0 unspecified atom stereocenters. The van der Waals surface area contributed by atoms with E-state index in [4.69, 9.17) is 4.74 Å². The predicted molar refractivity (Wildman–Crippen MR) is 103 cm³/mol.